The van der Waals surface area contributed by atoms with Gasteiger partial charge in [0.1, 0.15) is 5.75 Å². The highest BCUT2D eigenvalue weighted by atomic mass is 16.3. The van der Waals surface area contributed by atoms with Crippen molar-refractivity contribution in [2.75, 3.05) is 13.1 Å². The summed E-state index contributed by atoms with van der Waals surface area (Å²) in [5.74, 6) is 1.68. The molecule has 1 aliphatic heterocycles. The van der Waals surface area contributed by atoms with Crippen LogP contribution >= 0.6 is 0 Å². The first-order valence-corrected chi connectivity index (χ1v) is 6.48. The topological polar surface area (TPSA) is 61.8 Å². The molecule has 0 amide bonds. The highest BCUT2D eigenvalue weighted by molar-refractivity contribution is 5.78. The van der Waals surface area contributed by atoms with Crippen LogP contribution in [0, 0.1) is 5.92 Å². The molecule has 2 rings (SSSR count). The summed E-state index contributed by atoms with van der Waals surface area (Å²) < 4.78 is 0. The van der Waals surface area contributed by atoms with E-state index in [4.69, 9.17) is 5.73 Å². The Morgan fingerprint density at radius 2 is 2.17 bits per heavy atom. The van der Waals surface area contributed by atoms with E-state index >= 15 is 0 Å². The Morgan fingerprint density at radius 3 is 2.83 bits per heavy atom. The van der Waals surface area contributed by atoms with Crippen LogP contribution in [0.25, 0.3) is 0 Å². The van der Waals surface area contributed by atoms with Crippen molar-refractivity contribution >= 4 is 5.96 Å². The summed E-state index contributed by atoms with van der Waals surface area (Å²) in [5, 5.41) is 9.37. The molecule has 0 unspecified atom stereocenters. The summed E-state index contributed by atoms with van der Waals surface area (Å²) in [6, 6.07) is 7.13. The van der Waals surface area contributed by atoms with Crippen molar-refractivity contribution in [1.29, 1.82) is 0 Å². The Bertz CT molecular complexity index is 423. The SMILES string of the molecule is CC1CCN(C(N)=NCc2cccc(O)c2)CC1. The second-order valence-corrected chi connectivity index (χ2v) is 5.01. The van der Waals surface area contributed by atoms with Crippen LogP contribution in [0.5, 0.6) is 5.75 Å². The van der Waals surface area contributed by atoms with Crippen molar-refractivity contribution in [2.45, 2.75) is 26.3 Å². The summed E-state index contributed by atoms with van der Waals surface area (Å²) in [6.45, 7) is 4.79. The van der Waals surface area contributed by atoms with Gasteiger partial charge in [-0.15, -0.1) is 0 Å². The van der Waals surface area contributed by atoms with E-state index in [-0.39, 0.29) is 5.75 Å². The molecule has 0 aromatic heterocycles. The second kappa shape index (κ2) is 5.76. The number of benzene rings is 1. The summed E-state index contributed by atoms with van der Waals surface area (Å²) >= 11 is 0. The molecule has 0 atom stereocenters. The van der Waals surface area contributed by atoms with Crippen molar-refractivity contribution in [2.24, 2.45) is 16.6 Å². The third-order valence-corrected chi connectivity index (χ3v) is 3.44. The molecular weight excluding hydrogens is 226 g/mol. The molecule has 0 aliphatic carbocycles. The minimum atomic E-state index is 0.271. The minimum absolute atomic E-state index is 0.271. The number of hydrogen-bond donors (Lipinski definition) is 2. The fraction of sp³-hybridized carbons (Fsp3) is 0.500. The van der Waals surface area contributed by atoms with Crippen LogP contribution in [-0.2, 0) is 6.54 Å². The van der Waals surface area contributed by atoms with Gasteiger partial charge in [-0.2, -0.15) is 0 Å². The predicted molar refractivity (Wildman–Crippen MR) is 73.4 cm³/mol. The van der Waals surface area contributed by atoms with Crippen molar-refractivity contribution in [1.82, 2.24) is 4.90 Å². The van der Waals surface area contributed by atoms with Gasteiger partial charge in [-0.3, -0.25) is 0 Å². The maximum absolute atomic E-state index is 9.37. The number of nitrogens with zero attached hydrogens (tertiary/aromatic N) is 2. The Morgan fingerprint density at radius 1 is 1.44 bits per heavy atom. The van der Waals surface area contributed by atoms with E-state index in [2.05, 4.69) is 16.8 Å². The fourth-order valence-electron chi connectivity index (χ4n) is 2.16. The lowest BCUT2D eigenvalue weighted by molar-refractivity contribution is 0.277. The van der Waals surface area contributed by atoms with Crippen LogP contribution in [0.2, 0.25) is 0 Å². The number of nitrogens with two attached hydrogens (primary N) is 1. The lowest BCUT2D eigenvalue weighted by Crippen LogP contribution is -2.42. The highest BCUT2D eigenvalue weighted by Gasteiger charge is 2.16. The standard InChI is InChI=1S/C14H21N3O/c1-11-5-7-17(8-6-11)14(15)16-10-12-3-2-4-13(18)9-12/h2-4,9,11,18H,5-8,10H2,1H3,(H2,15,16). The van der Waals surface area contributed by atoms with E-state index in [1.807, 2.05) is 12.1 Å². The number of likely N-dealkylation sites (tertiary alicyclic amines) is 1. The van der Waals surface area contributed by atoms with Gasteiger partial charge >= 0.3 is 0 Å². The largest absolute Gasteiger partial charge is 0.508 e. The van der Waals surface area contributed by atoms with Crippen LogP contribution in [0.3, 0.4) is 0 Å². The molecule has 0 spiro atoms. The smallest absolute Gasteiger partial charge is 0.191 e. The van der Waals surface area contributed by atoms with Gasteiger partial charge in [0, 0.05) is 13.1 Å². The summed E-state index contributed by atoms with van der Waals surface area (Å²) in [6.07, 6.45) is 2.37. The molecule has 1 aliphatic rings. The molecule has 1 saturated heterocycles. The number of aromatic hydroxyl groups is 1. The Balaban J connectivity index is 1.92. The highest BCUT2D eigenvalue weighted by Crippen LogP contribution is 2.16. The minimum Gasteiger partial charge on any atom is -0.508 e. The fourth-order valence-corrected chi connectivity index (χ4v) is 2.16. The van der Waals surface area contributed by atoms with Gasteiger partial charge < -0.3 is 15.7 Å². The zero-order valence-corrected chi connectivity index (χ0v) is 10.8. The van der Waals surface area contributed by atoms with Crippen LogP contribution in [0.15, 0.2) is 29.3 Å². The first-order chi connectivity index (χ1) is 8.65. The Kier molecular flexibility index (Phi) is 4.07. The molecule has 0 bridgehead atoms. The molecule has 0 radical (unpaired) electrons. The first-order valence-electron chi connectivity index (χ1n) is 6.48. The number of piperidine rings is 1. The molecular formula is C14H21N3O. The number of rotatable bonds is 2. The third kappa shape index (κ3) is 3.39. The molecule has 4 heteroatoms. The van der Waals surface area contributed by atoms with Gasteiger partial charge in [0.15, 0.2) is 5.96 Å². The van der Waals surface area contributed by atoms with Crippen LogP contribution in [0.4, 0.5) is 0 Å². The van der Waals surface area contributed by atoms with Gasteiger partial charge in [0.2, 0.25) is 0 Å². The van der Waals surface area contributed by atoms with E-state index in [1.165, 1.54) is 12.8 Å². The maximum Gasteiger partial charge on any atom is 0.191 e. The van der Waals surface area contributed by atoms with Crippen molar-refractivity contribution in [3.8, 4) is 5.75 Å². The van der Waals surface area contributed by atoms with Crippen molar-refractivity contribution in [3.05, 3.63) is 29.8 Å². The number of phenolic OH excluding ortho intramolecular Hbond substituents is 1. The normalized spacial score (nSPS) is 18.1. The Labute approximate surface area is 108 Å². The van der Waals surface area contributed by atoms with Crippen molar-refractivity contribution < 1.29 is 5.11 Å². The number of guanidine groups is 1. The zero-order chi connectivity index (χ0) is 13.0. The molecule has 1 aromatic rings. The maximum atomic E-state index is 9.37. The first kappa shape index (κ1) is 12.7. The lowest BCUT2D eigenvalue weighted by atomic mass is 10.00. The average Bonchev–Trinajstić information content (AvgIpc) is 2.37. The molecule has 3 N–H and O–H groups in total. The third-order valence-electron chi connectivity index (χ3n) is 3.44. The second-order valence-electron chi connectivity index (χ2n) is 5.01. The van der Waals surface area contributed by atoms with Gasteiger partial charge in [-0.25, -0.2) is 4.99 Å². The lowest BCUT2D eigenvalue weighted by Gasteiger charge is -2.31. The van der Waals surface area contributed by atoms with E-state index in [9.17, 15) is 5.11 Å². The molecule has 1 aromatic carbocycles. The molecule has 18 heavy (non-hydrogen) atoms. The van der Waals surface area contributed by atoms with Gasteiger partial charge in [-0.1, -0.05) is 19.1 Å². The Hall–Kier alpha value is -1.71. The van der Waals surface area contributed by atoms with Crippen molar-refractivity contribution in [3.63, 3.8) is 0 Å². The zero-order valence-electron chi connectivity index (χ0n) is 10.8. The molecule has 1 fully saturated rings. The van der Waals surface area contributed by atoms with Crippen LogP contribution in [-0.4, -0.2) is 29.1 Å². The summed E-state index contributed by atoms with van der Waals surface area (Å²) in [4.78, 5) is 6.54. The average molecular weight is 247 g/mol. The summed E-state index contributed by atoms with van der Waals surface area (Å²) in [7, 11) is 0. The van der Waals surface area contributed by atoms with Crippen LogP contribution < -0.4 is 5.73 Å². The molecule has 98 valence electrons. The van der Waals surface area contributed by atoms with E-state index in [0.29, 0.717) is 12.5 Å². The van der Waals surface area contributed by atoms with Gasteiger partial charge in [0.05, 0.1) is 6.54 Å². The van der Waals surface area contributed by atoms with Gasteiger partial charge in [-0.05, 0) is 36.5 Å². The summed E-state index contributed by atoms with van der Waals surface area (Å²) in [5.41, 5.74) is 6.97. The molecule has 1 heterocycles. The molecule has 4 nitrogen and oxygen atoms in total. The molecule has 0 saturated carbocycles. The monoisotopic (exact) mass is 247 g/mol. The predicted octanol–water partition coefficient (Wildman–Crippen LogP) is 1.94. The quantitative estimate of drug-likeness (QED) is 0.620. The number of hydrogen-bond acceptors (Lipinski definition) is 2. The van der Waals surface area contributed by atoms with Crippen LogP contribution in [0.1, 0.15) is 25.3 Å². The van der Waals surface area contributed by atoms with E-state index in [1.54, 1.807) is 12.1 Å². The van der Waals surface area contributed by atoms with E-state index < -0.39 is 0 Å². The number of phenols is 1. The van der Waals surface area contributed by atoms with E-state index in [0.717, 1.165) is 24.6 Å². The van der Waals surface area contributed by atoms with Gasteiger partial charge in [0.25, 0.3) is 0 Å². The number of aliphatic imine (C=N–C) groups is 1.